The van der Waals surface area contributed by atoms with E-state index in [-0.39, 0.29) is 22.6 Å². The molecule has 0 aliphatic carbocycles. The van der Waals surface area contributed by atoms with Crippen LogP contribution in [0.25, 0.3) is 0 Å². The molecular formula is C20H15F2N3O3. The Morgan fingerprint density at radius 1 is 0.964 bits per heavy atom. The fourth-order valence-corrected chi connectivity index (χ4v) is 2.60. The van der Waals surface area contributed by atoms with Gasteiger partial charge < -0.3 is 10.6 Å². The molecule has 1 amide bonds. The summed E-state index contributed by atoms with van der Waals surface area (Å²) in [5, 5.41) is 16.7. The van der Waals surface area contributed by atoms with Gasteiger partial charge >= 0.3 is 0 Å². The second kappa shape index (κ2) is 8.26. The lowest BCUT2D eigenvalue weighted by molar-refractivity contribution is -0.384. The third kappa shape index (κ3) is 4.67. The zero-order chi connectivity index (χ0) is 20.1. The summed E-state index contributed by atoms with van der Waals surface area (Å²) in [6.07, 6.45) is 0. The number of carbonyl (C=O) groups is 1. The fraction of sp³-hybridized carbons (Fsp3) is 0.0500. The van der Waals surface area contributed by atoms with Crippen LogP contribution in [-0.4, -0.2) is 10.8 Å². The Balaban J connectivity index is 1.79. The summed E-state index contributed by atoms with van der Waals surface area (Å²) < 4.78 is 26.5. The van der Waals surface area contributed by atoms with Crippen LogP contribution in [0.5, 0.6) is 0 Å². The molecule has 0 unspecified atom stereocenters. The van der Waals surface area contributed by atoms with Crippen molar-refractivity contribution in [2.75, 3.05) is 10.6 Å². The molecule has 3 aromatic rings. The van der Waals surface area contributed by atoms with Crippen molar-refractivity contribution < 1.29 is 18.5 Å². The lowest BCUT2D eigenvalue weighted by Gasteiger charge is -2.10. The van der Waals surface area contributed by atoms with Crippen molar-refractivity contribution in [2.24, 2.45) is 0 Å². The molecule has 28 heavy (non-hydrogen) atoms. The summed E-state index contributed by atoms with van der Waals surface area (Å²) in [7, 11) is 0. The van der Waals surface area contributed by atoms with Crippen LogP contribution < -0.4 is 10.6 Å². The molecule has 6 nitrogen and oxygen atoms in total. The third-order valence-electron chi connectivity index (χ3n) is 3.90. The van der Waals surface area contributed by atoms with Crippen molar-refractivity contribution in [3.8, 4) is 0 Å². The maximum absolute atomic E-state index is 13.2. The summed E-state index contributed by atoms with van der Waals surface area (Å²) in [4.78, 5) is 23.1. The van der Waals surface area contributed by atoms with Crippen LogP contribution in [0.3, 0.4) is 0 Å². The van der Waals surface area contributed by atoms with E-state index in [2.05, 4.69) is 10.6 Å². The van der Waals surface area contributed by atoms with Crippen molar-refractivity contribution in [3.05, 3.63) is 99.6 Å². The van der Waals surface area contributed by atoms with Gasteiger partial charge in [0.15, 0.2) is 0 Å². The number of nitro benzene ring substituents is 1. The molecule has 142 valence electrons. The Labute approximate surface area is 159 Å². The molecule has 3 aromatic carbocycles. The van der Waals surface area contributed by atoms with Crippen molar-refractivity contribution in [2.45, 2.75) is 6.54 Å². The summed E-state index contributed by atoms with van der Waals surface area (Å²) in [6, 6.07) is 15.8. The first-order valence-electron chi connectivity index (χ1n) is 8.26. The van der Waals surface area contributed by atoms with Crippen LogP contribution in [0.15, 0.2) is 66.7 Å². The van der Waals surface area contributed by atoms with Gasteiger partial charge in [-0.15, -0.1) is 0 Å². The first kappa shape index (κ1) is 19.0. The molecular weight excluding hydrogens is 368 g/mol. The molecule has 8 heteroatoms. The second-order valence-corrected chi connectivity index (χ2v) is 5.94. The molecule has 3 rings (SSSR count). The number of carbonyl (C=O) groups excluding carboxylic acids is 1. The zero-order valence-electron chi connectivity index (χ0n) is 14.5. The highest BCUT2D eigenvalue weighted by Crippen LogP contribution is 2.27. The van der Waals surface area contributed by atoms with E-state index >= 15 is 0 Å². The number of hydrogen-bond donors (Lipinski definition) is 2. The van der Waals surface area contributed by atoms with Crippen molar-refractivity contribution in [3.63, 3.8) is 0 Å². The van der Waals surface area contributed by atoms with Gasteiger partial charge in [-0.1, -0.05) is 30.3 Å². The number of benzene rings is 3. The molecule has 0 atom stereocenters. The predicted octanol–water partition coefficient (Wildman–Crippen LogP) is 4.74. The van der Waals surface area contributed by atoms with Crippen molar-refractivity contribution >= 4 is 23.0 Å². The lowest BCUT2D eigenvalue weighted by atomic mass is 10.1. The van der Waals surface area contributed by atoms with Crippen LogP contribution in [-0.2, 0) is 6.54 Å². The largest absolute Gasteiger partial charge is 0.375 e. The average Bonchev–Trinajstić information content (AvgIpc) is 2.66. The fourth-order valence-electron chi connectivity index (χ4n) is 2.60. The molecule has 0 aliphatic rings. The smallest absolute Gasteiger partial charge is 0.293 e. The molecule has 0 aromatic heterocycles. The predicted molar refractivity (Wildman–Crippen MR) is 101 cm³/mol. The van der Waals surface area contributed by atoms with Gasteiger partial charge in [0.2, 0.25) is 0 Å². The Morgan fingerprint density at radius 2 is 1.64 bits per heavy atom. The zero-order valence-corrected chi connectivity index (χ0v) is 14.5. The van der Waals surface area contributed by atoms with E-state index in [1.807, 2.05) is 30.3 Å². The first-order valence-corrected chi connectivity index (χ1v) is 8.26. The van der Waals surface area contributed by atoms with E-state index in [9.17, 15) is 23.7 Å². The van der Waals surface area contributed by atoms with Gasteiger partial charge in [-0.3, -0.25) is 14.9 Å². The minimum absolute atomic E-state index is 0.0124. The highest BCUT2D eigenvalue weighted by Gasteiger charge is 2.18. The molecule has 0 spiro atoms. The first-order chi connectivity index (χ1) is 13.4. The van der Waals surface area contributed by atoms with E-state index < -0.39 is 22.5 Å². The molecule has 0 aliphatic heterocycles. The van der Waals surface area contributed by atoms with Gasteiger partial charge in [-0.05, 0) is 29.8 Å². The lowest BCUT2D eigenvalue weighted by Crippen LogP contribution is -2.13. The van der Waals surface area contributed by atoms with Gasteiger partial charge in [0.1, 0.15) is 17.3 Å². The Hall–Kier alpha value is -3.81. The van der Waals surface area contributed by atoms with Crippen LogP contribution in [0.4, 0.5) is 25.8 Å². The van der Waals surface area contributed by atoms with Gasteiger partial charge in [0.05, 0.1) is 4.92 Å². The molecule has 0 saturated heterocycles. The number of nitrogens with one attached hydrogen (secondary N) is 2. The number of halogens is 2. The summed E-state index contributed by atoms with van der Waals surface area (Å²) in [6.45, 7) is 0.371. The van der Waals surface area contributed by atoms with Crippen LogP contribution in [0.1, 0.15) is 15.9 Å². The second-order valence-electron chi connectivity index (χ2n) is 5.94. The molecule has 0 bridgehead atoms. The van der Waals surface area contributed by atoms with E-state index in [1.54, 1.807) is 0 Å². The Kier molecular flexibility index (Phi) is 5.59. The number of nitro groups is 1. The number of nitrogens with zero attached hydrogens (tertiary/aromatic N) is 1. The summed E-state index contributed by atoms with van der Waals surface area (Å²) >= 11 is 0. The number of amides is 1. The van der Waals surface area contributed by atoms with Gasteiger partial charge in [-0.2, -0.15) is 0 Å². The minimum atomic E-state index is -0.846. The minimum Gasteiger partial charge on any atom is -0.375 e. The number of rotatable bonds is 6. The highest BCUT2D eigenvalue weighted by molar-refractivity contribution is 6.05. The number of anilines is 2. The SMILES string of the molecule is O=C(Nc1cc(F)cc(F)c1)c1ccc(NCc2ccccc2)c([N+](=O)[O-])c1. The molecule has 0 heterocycles. The standard InChI is InChI=1S/C20H15F2N3O3/c21-15-9-16(22)11-17(10-15)24-20(26)14-6-7-18(19(8-14)25(27)28)23-12-13-4-2-1-3-5-13/h1-11,23H,12H2,(H,24,26). The van der Waals surface area contributed by atoms with Crippen molar-refractivity contribution in [1.29, 1.82) is 0 Å². The van der Waals surface area contributed by atoms with Crippen LogP contribution >= 0.6 is 0 Å². The van der Waals surface area contributed by atoms with Crippen LogP contribution in [0, 0.1) is 21.7 Å². The molecule has 0 fully saturated rings. The van der Waals surface area contributed by atoms with E-state index in [1.165, 1.54) is 12.1 Å². The molecule has 0 radical (unpaired) electrons. The quantitative estimate of drug-likeness (QED) is 0.476. The van der Waals surface area contributed by atoms with E-state index in [4.69, 9.17) is 0 Å². The summed E-state index contributed by atoms with van der Waals surface area (Å²) in [5.74, 6) is -2.41. The molecule has 2 N–H and O–H groups in total. The Bertz CT molecular complexity index is 1010. The maximum atomic E-state index is 13.2. The van der Waals surface area contributed by atoms with Gasteiger partial charge in [0.25, 0.3) is 11.6 Å². The van der Waals surface area contributed by atoms with Crippen molar-refractivity contribution in [1.82, 2.24) is 0 Å². The van der Waals surface area contributed by atoms with Gasteiger partial charge in [0, 0.05) is 29.9 Å². The topological polar surface area (TPSA) is 84.3 Å². The highest BCUT2D eigenvalue weighted by atomic mass is 19.1. The maximum Gasteiger partial charge on any atom is 0.293 e. The van der Waals surface area contributed by atoms with E-state index in [0.717, 1.165) is 23.8 Å². The normalized spacial score (nSPS) is 10.4. The average molecular weight is 383 g/mol. The Morgan fingerprint density at radius 3 is 2.29 bits per heavy atom. The van der Waals surface area contributed by atoms with E-state index in [0.29, 0.717) is 12.6 Å². The van der Waals surface area contributed by atoms with Gasteiger partial charge in [-0.25, -0.2) is 8.78 Å². The van der Waals surface area contributed by atoms with Crippen LogP contribution in [0.2, 0.25) is 0 Å². The number of hydrogen-bond acceptors (Lipinski definition) is 4. The monoisotopic (exact) mass is 383 g/mol. The summed E-state index contributed by atoms with van der Waals surface area (Å²) in [5.41, 5.74) is 0.806. The third-order valence-corrected chi connectivity index (χ3v) is 3.90. The molecule has 0 saturated carbocycles.